The van der Waals surface area contributed by atoms with Crippen LogP contribution in [-0.4, -0.2) is 34.9 Å². The average Bonchev–Trinajstić information content (AvgIpc) is 2.36. The Kier molecular flexibility index (Phi) is 4.21. The maximum atomic E-state index is 11.9. The van der Waals surface area contributed by atoms with E-state index in [4.69, 9.17) is 0 Å². The molecule has 1 aromatic rings. The summed E-state index contributed by atoms with van der Waals surface area (Å²) >= 11 is 0. The fourth-order valence-corrected chi connectivity index (χ4v) is 3.91. The quantitative estimate of drug-likeness (QED) is 0.907. The zero-order chi connectivity index (χ0) is 15.8. The lowest BCUT2D eigenvalue weighted by Gasteiger charge is -2.29. The molecule has 8 heteroatoms. The van der Waals surface area contributed by atoms with Crippen molar-refractivity contribution in [3.63, 3.8) is 0 Å². The van der Waals surface area contributed by atoms with Crippen LogP contribution >= 0.6 is 0 Å². The van der Waals surface area contributed by atoms with E-state index in [-0.39, 0.29) is 0 Å². The van der Waals surface area contributed by atoms with Crippen LogP contribution in [0.4, 0.5) is 11.4 Å². The molecule has 118 valence electrons. The van der Waals surface area contributed by atoms with Crippen molar-refractivity contribution in [2.75, 3.05) is 21.8 Å². The minimum absolute atomic E-state index is 0.387. The van der Waals surface area contributed by atoms with Crippen LogP contribution in [0.25, 0.3) is 0 Å². The van der Waals surface area contributed by atoms with Gasteiger partial charge in [-0.3, -0.25) is 9.03 Å². The van der Waals surface area contributed by atoms with Gasteiger partial charge in [-0.25, -0.2) is 16.8 Å². The smallest absolute Gasteiger partial charge is 0.235 e. The van der Waals surface area contributed by atoms with E-state index < -0.39 is 25.3 Å². The van der Waals surface area contributed by atoms with Crippen LogP contribution in [0.5, 0.6) is 0 Å². The number of fused-ring (bicyclic) bond motifs is 1. The van der Waals surface area contributed by atoms with Gasteiger partial charge in [-0.2, -0.15) is 0 Å². The summed E-state index contributed by atoms with van der Waals surface area (Å²) in [6.07, 6.45) is 2.71. The van der Waals surface area contributed by atoms with E-state index in [1.165, 1.54) is 4.31 Å². The van der Waals surface area contributed by atoms with E-state index in [0.29, 0.717) is 17.9 Å². The van der Waals surface area contributed by atoms with Crippen LogP contribution in [0.15, 0.2) is 18.2 Å². The summed E-state index contributed by atoms with van der Waals surface area (Å²) in [5.74, 6) is 0. The van der Waals surface area contributed by atoms with Gasteiger partial charge in [0.2, 0.25) is 20.0 Å². The van der Waals surface area contributed by atoms with Crippen LogP contribution in [-0.2, 0) is 26.5 Å². The van der Waals surface area contributed by atoms with Gasteiger partial charge in [0.1, 0.15) is 0 Å². The Labute approximate surface area is 126 Å². The number of aryl methyl sites for hydroxylation is 1. The molecule has 1 heterocycles. The van der Waals surface area contributed by atoms with Crippen LogP contribution in [0, 0.1) is 0 Å². The second-order valence-electron chi connectivity index (χ2n) is 5.48. The summed E-state index contributed by atoms with van der Waals surface area (Å²) in [4.78, 5) is 0. The summed E-state index contributed by atoms with van der Waals surface area (Å²) in [6.45, 7) is 3.60. The molecule has 1 N–H and O–H groups in total. The molecule has 0 fully saturated rings. The molecular formula is C13H20N2O4S2. The molecule has 6 nitrogen and oxygen atoms in total. The lowest BCUT2D eigenvalue weighted by molar-refractivity contribution is 0.591. The lowest BCUT2D eigenvalue weighted by Crippen LogP contribution is -2.34. The normalized spacial score (nSPS) is 15.9. The number of sulfonamides is 2. The third-order valence-electron chi connectivity index (χ3n) is 3.44. The Balaban J connectivity index is 2.42. The van der Waals surface area contributed by atoms with Crippen molar-refractivity contribution in [1.29, 1.82) is 0 Å². The average molecular weight is 332 g/mol. The van der Waals surface area contributed by atoms with Crippen molar-refractivity contribution >= 4 is 31.4 Å². The molecule has 2 rings (SSSR count). The molecule has 1 aliphatic heterocycles. The van der Waals surface area contributed by atoms with Gasteiger partial charge in [0, 0.05) is 6.54 Å². The second-order valence-corrected chi connectivity index (χ2v) is 9.62. The van der Waals surface area contributed by atoms with Crippen molar-refractivity contribution in [2.45, 2.75) is 31.9 Å². The molecule has 0 aliphatic carbocycles. The Bertz CT molecular complexity index is 739. The molecule has 21 heavy (non-hydrogen) atoms. The Hall–Kier alpha value is -1.28. The number of hydrogen-bond donors (Lipinski definition) is 1. The minimum Gasteiger partial charge on any atom is -0.283 e. The van der Waals surface area contributed by atoms with Crippen LogP contribution in [0.1, 0.15) is 25.8 Å². The molecule has 0 aromatic heterocycles. The molecule has 1 aliphatic rings. The predicted octanol–water partition coefficient (Wildman–Crippen LogP) is 1.55. The van der Waals surface area contributed by atoms with Crippen LogP contribution < -0.4 is 9.03 Å². The van der Waals surface area contributed by atoms with Crippen molar-refractivity contribution in [1.82, 2.24) is 0 Å². The van der Waals surface area contributed by atoms with Gasteiger partial charge < -0.3 is 0 Å². The summed E-state index contributed by atoms with van der Waals surface area (Å²) < 4.78 is 51.3. The van der Waals surface area contributed by atoms with E-state index in [2.05, 4.69) is 4.72 Å². The fourth-order valence-electron chi connectivity index (χ4n) is 2.23. The van der Waals surface area contributed by atoms with Crippen molar-refractivity contribution in [3.05, 3.63) is 23.8 Å². The number of rotatable bonds is 4. The SMILES string of the molecule is CC(C)S(=O)(=O)Nc1ccc2c(c1)N(S(C)(=O)=O)CCC2. The Morgan fingerprint density at radius 2 is 1.86 bits per heavy atom. The monoisotopic (exact) mass is 332 g/mol. The van der Waals surface area contributed by atoms with Gasteiger partial charge in [0.15, 0.2) is 0 Å². The predicted molar refractivity (Wildman–Crippen MR) is 84.6 cm³/mol. The molecule has 0 amide bonds. The second kappa shape index (κ2) is 5.49. The maximum absolute atomic E-state index is 11.9. The molecule has 0 bridgehead atoms. The third-order valence-corrected chi connectivity index (χ3v) is 6.38. The van der Waals surface area contributed by atoms with Gasteiger partial charge in [0.25, 0.3) is 0 Å². The van der Waals surface area contributed by atoms with E-state index in [1.54, 1.807) is 32.0 Å². The molecular weight excluding hydrogens is 312 g/mol. The molecule has 1 aromatic carbocycles. The largest absolute Gasteiger partial charge is 0.283 e. The highest BCUT2D eigenvalue weighted by molar-refractivity contribution is 7.93. The molecule has 0 saturated carbocycles. The standard InChI is InChI=1S/C13H20N2O4S2/c1-10(2)21(18,19)14-12-7-6-11-5-4-8-15(13(11)9-12)20(3,16)17/h6-7,9-10,14H,4-5,8H2,1-3H3. The first kappa shape index (κ1) is 16.1. The van der Waals surface area contributed by atoms with Gasteiger partial charge in [-0.05, 0) is 44.4 Å². The maximum Gasteiger partial charge on any atom is 0.235 e. The van der Waals surface area contributed by atoms with Gasteiger partial charge in [-0.15, -0.1) is 0 Å². The molecule has 0 unspecified atom stereocenters. The zero-order valence-corrected chi connectivity index (χ0v) is 14.0. The van der Waals surface area contributed by atoms with Crippen LogP contribution in [0.2, 0.25) is 0 Å². The molecule has 0 spiro atoms. The first-order valence-corrected chi connectivity index (χ1v) is 10.1. The lowest BCUT2D eigenvalue weighted by atomic mass is 10.0. The number of hydrogen-bond acceptors (Lipinski definition) is 4. The summed E-state index contributed by atoms with van der Waals surface area (Å²) in [6, 6.07) is 5.05. The summed E-state index contributed by atoms with van der Waals surface area (Å²) in [5.41, 5.74) is 1.87. The zero-order valence-electron chi connectivity index (χ0n) is 12.3. The van der Waals surface area contributed by atoms with Crippen molar-refractivity contribution in [2.24, 2.45) is 0 Å². The number of anilines is 2. The Morgan fingerprint density at radius 1 is 1.19 bits per heavy atom. The van der Waals surface area contributed by atoms with Gasteiger partial charge in [-0.1, -0.05) is 6.07 Å². The summed E-state index contributed by atoms with van der Waals surface area (Å²) in [5, 5.41) is -0.556. The Morgan fingerprint density at radius 3 is 2.43 bits per heavy atom. The fraction of sp³-hybridized carbons (Fsp3) is 0.538. The van der Waals surface area contributed by atoms with Crippen LogP contribution in [0.3, 0.4) is 0 Å². The van der Waals surface area contributed by atoms with E-state index in [1.807, 2.05) is 0 Å². The van der Waals surface area contributed by atoms with E-state index in [9.17, 15) is 16.8 Å². The van der Waals surface area contributed by atoms with E-state index in [0.717, 1.165) is 24.7 Å². The minimum atomic E-state index is -3.45. The first-order chi connectivity index (χ1) is 9.61. The third kappa shape index (κ3) is 3.49. The van der Waals surface area contributed by atoms with Gasteiger partial charge >= 0.3 is 0 Å². The number of nitrogens with one attached hydrogen (secondary N) is 1. The highest BCUT2D eigenvalue weighted by Crippen LogP contribution is 2.32. The number of benzene rings is 1. The van der Waals surface area contributed by atoms with Gasteiger partial charge in [0.05, 0.1) is 22.9 Å². The molecule has 0 saturated heterocycles. The topological polar surface area (TPSA) is 83.6 Å². The van der Waals surface area contributed by atoms with E-state index >= 15 is 0 Å². The molecule has 0 atom stereocenters. The first-order valence-electron chi connectivity index (χ1n) is 6.73. The highest BCUT2D eigenvalue weighted by atomic mass is 32.2. The summed E-state index contributed by atoms with van der Waals surface area (Å²) in [7, 11) is -6.81. The van der Waals surface area contributed by atoms with Crippen molar-refractivity contribution in [3.8, 4) is 0 Å². The highest BCUT2D eigenvalue weighted by Gasteiger charge is 2.25. The van der Waals surface area contributed by atoms with Crippen molar-refractivity contribution < 1.29 is 16.8 Å². The number of nitrogens with zero attached hydrogens (tertiary/aromatic N) is 1. The molecule has 0 radical (unpaired) electrons.